The fourth-order valence-electron chi connectivity index (χ4n) is 5.21. The average Bonchev–Trinajstić information content (AvgIpc) is 3.04. The van der Waals surface area contributed by atoms with Crippen LogP contribution in [0.5, 0.6) is 11.8 Å². The molecule has 8 heteroatoms. The van der Waals surface area contributed by atoms with Gasteiger partial charge in [-0.15, -0.1) is 0 Å². The number of halogens is 1. The Morgan fingerprint density at radius 1 is 0.872 bits per heavy atom. The molecule has 5 rings (SSSR count). The van der Waals surface area contributed by atoms with Crippen LogP contribution in [0, 0.1) is 5.82 Å². The predicted octanol–water partition coefficient (Wildman–Crippen LogP) is 8.77. The highest BCUT2D eigenvalue weighted by Crippen LogP contribution is 2.36. The lowest BCUT2D eigenvalue weighted by molar-refractivity contribution is -0.161. The van der Waals surface area contributed by atoms with Crippen molar-refractivity contribution in [2.24, 2.45) is 0 Å². The molecule has 0 aliphatic carbocycles. The van der Waals surface area contributed by atoms with E-state index in [1.165, 1.54) is 6.07 Å². The molecule has 1 aliphatic heterocycles. The van der Waals surface area contributed by atoms with Crippen LogP contribution in [-0.4, -0.2) is 40.4 Å². The van der Waals surface area contributed by atoms with E-state index in [2.05, 4.69) is 4.98 Å². The number of aromatic nitrogens is 1. The molecule has 1 aliphatic rings. The van der Waals surface area contributed by atoms with Gasteiger partial charge < -0.3 is 24.2 Å². The van der Waals surface area contributed by atoms with E-state index in [1.807, 2.05) is 91.5 Å². The van der Waals surface area contributed by atoms with Crippen LogP contribution in [0.15, 0.2) is 91.0 Å². The van der Waals surface area contributed by atoms with Crippen LogP contribution in [-0.2, 0) is 22.7 Å². The van der Waals surface area contributed by atoms with Gasteiger partial charge in [0.15, 0.2) is 0 Å². The van der Waals surface area contributed by atoms with Crippen molar-refractivity contribution in [1.29, 1.82) is 0 Å². The first-order chi connectivity index (χ1) is 22.1. The molecule has 0 spiro atoms. The van der Waals surface area contributed by atoms with Crippen molar-refractivity contribution in [3.8, 4) is 22.9 Å². The summed E-state index contributed by atoms with van der Waals surface area (Å²) in [6.45, 7) is 10.9. The topological polar surface area (TPSA) is 81.1 Å². The summed E-state index contributed by atoms with van der Waals surface area (Å²) in [5.41, 5.74) is 1.92. The first-order valence-electron chi connectivity index (χ1n) is 15.9. The molecule has 1 N–H and O–H groups in total. The Bertz CT molecular complexity index is 1550. The molecule has 3 aromatic carbocycles. The smallest absolute Gasteiger partial charge is 0.309 e. The lowest BCUT2D eigenvalue weighted by Crippen LogP contribution is -2.46. The van der Waals surface area contributed by atoms with E-state index in [0.717, 1.165) is 11.1 Å². The Morgan fingerprint density at radius 3 is 2.00 bits per heavy atom. The van der Waals surface area contributed by atoms with Crippen molar-refractivity contribution in [2.45, 2.75) is 85.7 Å². The van der Waals surface area contributed by atoms with E-state index in [1.54, 1.807) is 32.9 Å². The van der Waals surface area contributed by atoms with Crippen molar-refractivity contribution < 1.29 is 28.5 Å². The molecule has 252 valence electrons. The third-order valence-electron chi connectivity index (χ3n) is 7.47. The second-order valence-corrected chi connectivity index (χ2v) is 12.2. The molecule has 0 unspecified atom stereocenters. The van der Waals surface area contributed by atoms with E-state index in [4.69, 9.17) is 14.2 Å². The summed E-state index contributed by atoms with van der Waals surface area (Å²) < 4.78 is 33.1. The minimum Gasteiger partial charge on any atom is -0.473 e. The summed E-state index contributed by atoms with van der Waals surface area (Å²) in [7, 11) is 0. The summed E-state index contributed by atoms with van der Waals surface area (Å²) >= 11 is 0. The second kappa shape index (κ2) is 16.9. The van der Waals surface area contributed by atoms with Gasteiger partial charge in [0.05, 0.1) is 17.7 Å². The van der Waals surface area contributed by atoms with Crippen molar-refractivity contribution in [2.75, 3.05) is 18.0 Å². The lowest BCUT2D eigenvalue weighted by Gasteiger charge is -2.39. The van der Waals surface area contributed by atoms with Gasteiger partial charge >= 0.3 is 5.97 Å². The molecule has 2 heterocycles. The molecule has 0 atom stereocenters. The second-order valence-electron chi connectivity index (χ2n) is 12.2. The molecule has 0 saturated carbocycles. The maximum atomic E-state index is 15.6. The molecule has 0 amide bonds. The predicted molar refractivity (Wildman–Crippen MR) is 186 cm³/mol. The monoisotopic (exact) mass is 644 g/mol. The van der Waals surface area contributed by atoms with E-state index in [-0.39, 0.29) is 13.8 Å². The number of carbonyl (C=O) groups excluding carboxylic acids is 1. The Labute approximate surface area is 279 Å². The Hall–Kier alpha value is -4.43. The van der Waals surface area contributed by atoms with Crippen LogP contribution in [0.3, 0.4) is 0 Å². The van der Waals surface area contributed by atoms with E-state index in [9.17, 15) is 9.90 Å². The number of piperidine rings is 1. The maximum absolute atomic E-state index is 15.6. The Balaban J connectivity index is 0.00000196. The molecule has 4 aromatic rings. The summed E-state index contributed by atoms with van der Waals surface area (Å²) in [5.74, 6) is -0.0699. The average molecular weight is 645 g/mol. The van der Waals surface area contributed by atoms with Gasteiger partial charge in [-0.3, -0.25) is 4.79 Å². The standard InChI is InChI=1S/C36H39FN2O5.C2H6.CH4/c1-35(2,3)44-33(40)23-36(41)18-20-39(21-19-36)31-16-14-28(22-30(31)37)29-15-17-32(42-24-26-10-6-4-7-11-26)38-34(29)43-25-27-12-8-5-9-13-27;1-2;/h4-17,22,41H,18-21,23-25H2,1-3H3;1-2H3;1H4. The number of ether oxygens (including phenoxy) is 3. The highest BCUT2D eigenvalue weighted by Gasteiger charge is 2.36. The van der Waals surface area contributed by atoms with E-state index < -0.39 is 23.0 Å². The maximum Gasteiger partial charge on any atom is 0.309 e. The minimum absolute atomic E-state index is 0. The first kappa shape index (κ1) is 37.0. The van der Waals surface area contributed by atoms with Gasteiger partial charge in [-0.1, -0.05) is 88.0 Å². The van der Waals surface area contributed by atoms with Gasteiger partial charge in [0, 0.05) is 24.7 Å². The summed E-state index contributed by atoms with van der Waals surface area (Å²) in [5, 5.41) is 11.0. The number of esters is 1. The van der Waals surface area contributed by atoms with Crippen molar-refractivity contribution >= 4 is 11.7 Å². The third-order valence-corrected chi connectivity index (χ3v) is 7.47. The normalized spacial score (nSPS) is 13.8. The fraction of sp³-hybridized carbons (Fsp3) is 0.385. The zero-order valence-electron chi connectivity index (χ0n) is 27.5. The molecular weight excluding hydrogens is 595 g/mol. The quantitative estimate of drug-likeness (QED) is 0.173. The Kier molecular flexibility index (Phi) is 13.3. The van der Waals surface area contributed by atoms with Crippen molar-refractivity contribution in [3.05, 3.63) is 108 Å². The lowest BCUT2D eigenvalue weighted by atomic mass is 9.88. The summed E-state index contributed by atoms with van der Waals surface area (Å²) in [4.78, 5) is 18.8. The third kappa shape index (κ3) is 10.8. The van der Waals surface area contributed by atoms with E-state index in [0.29, 0.717) is 67.7 Å². The number of pyridine rings is 1. The number of carbonyl (C=O) groups is 1. The number of anilines is 1. The molecule has 0 bridgehead atoms. The van der Waals surface area contributed by atoms with Gasteiger partial charge in [-0.25, -0.2) is 4.39 Å². The molecule has 0 radical (unpaired) electrons. The number of hydrogen-bond acceptors (Lipinski definition) is 7. The van der Waals surface area contributed by atoms with Crippen LogP contribution in [0.25, 0.3) is 11.1 Å². The van der Waals surface area contributed by atoms with Gasteiger partial charge in [0.2, 0.25) is 11.8 Å². The van der Waals surface area contributed by atoms with Gasteiger partial charge in [-0.2, -0.15) is 4.98 Å². The molecule has 1 saturated heterocycles. The van der Waals surface area contributed by atoms with Crippen molar-refractivity contribution in [3.63, 3.8) is 0 Å². The minimum atomic E-state index is -1.17. The number of aliphatic hydroxyl groups is 1. The van der Waals surface area contributed by atoms with Crippen LogP contribution in [0.4, 0.5) is 10.1 Å². The van der Waals surface area contributed by atoms with E-state index >= 15 is 4.39 Å². The van der Waals surface area contributed by atoms with Crippen LogP contribution >= 0.6 is 0 Å². The van der Waals surface area contributed by atoms with Crippen molar-refractivity contribution in [1.82, 2.24) is 4.98 Å². The van der Waals surface area contributed by atoms with Gasteiger partial charge in [0.25, 0.3) is 0 Å². The van der Waals surface area contributed by atoms with Crippen LogP contribution in [0.1, 0.15) is 72.4 Å². The summed E-state index contributed by atoms with van der Waals surface area (Å²) in [6, 6.07) is 28.3. The van der Waals surface area contributed by atoms with Crippen LogP contribution < -0.4 is 14.4 Å². The molecule has 47 heavy (non-hydrogen) atoms. The molecule has 1 aromatic heterocycles. The highest BCUT2D eigenvalue weighted by atomic mass is 19.1. The molecule has 7 nitrogen and oxygen atoms in total. The Morgan fingerprint density at radius 2 is 1.45 bits per heavy atom. The molecular formula is C39H49FN2O5. The zero-order valence-corrected chi connectivity index (χ0v) is 27.5. The largest absolute Gasteiger partial charge is 0.473 e. The fourth-order valence-corrected chi connectivity index (χ4v) is 5.21. The zero-order chi connectivity index (χ0) is 33.2. The number of nitrogens with zero attached hydrogens (tertiary/aromatic N) is 2. The summed E-state index contributed by atoms with van der Waals surface area (Å²) in [6.07, 6.45) is 0.585. The number of benzene rings is 3. The first-order valence-corrected chi connectivity index (χ1v) is 15.9. The highest BCUT2D eigenvalue weighted by molar-refractivity contribution is 5.72. The number of rotatable bonds is 10. The number of hydrogen-bond donors (Lipinski definition) is 1. The molecule has 1 fully saturated rings. The van der Waals surface area contributed by atoms with Gasteiger partial charge in [-0.05, 0) is 68.5 Å². The van der Waals surface area contributed by atoms with Crippen LogP contribution in [0.2, 0.25) is 0 Å². The van der Waals surface area contributed by atoms with Gasteiger partial charge in [0.1, 0.15) is 24.6 Å². The SMILES string of the molecule is C.CC.CC(C)(C)OC(=O)CC1(O)CCN(c2ccc(-c3ccc(OCc4ccccc4)nc3OCc3ccccc3)cc2F)CC1.